The van der Waals surface area contributed by atoms with Crippen LogP contribution in [0.15, 0.2) is 18.2 Å². The zero-order chi connectivity index (χ0) is 15.5. The number of piperidine rings is 1. The van der Waals surface area contributed by atoms with Crippen molar-refractivity contribution >= 4 is 23.3 Å². The third-order valence-electron chi connectivity index (χ3n) is 4.52. The maximum absolute atomic E-state index is 13.3. The second-order valence-corrected chi connectivity index (χ2v) is 6.49. The summed E-state index contributed by atoms with van der Waals surface area (Å²) in [6.07, 6.45) is 4.61. The minimum absolute atomic E-state index is 0.179. The number of amides is 2. The molecule has 2 fully saturated rings. The number of urea groups is 1. The lowest BCUT2D eigenvalue weighted by Gasteiger charge is -2.36. The average molecular weight is 326 g/mol. The summed E-state index contributed by atoms with van der Waals surface area (Å²) in [5.41, 5.74) is 0.400. The molecule has 0 atom stereocenters. The zero-order valence-electron chi connectivity index (χ0n) is 12.5. The Kier molecular flexibility index (Phi) is 4.84. The molecule has 0 saturated carbocycles. The van der Waals surface area contributed by atoms with E-state index in [0.717, 1.165) is 25.9 Å². The minimum atomic E-state index is -0.449. The van der Waals surface area contributed by atoms with Gasteiger partial charge in [-0.1, -0.05) is 11.6 Å². The average Bonchev–Trinajstić information content (AvgIpc) is 3.00. The van der Waals surface area contributed by atoms with Crippen LogP contribution in [0, 0.1) is 5.82 Å². The third-order valence-corrected chi connectivity index (χ3v) is 4.74. The Balaban J connectivity index is 1.53. The lowest BCUT2D eigenvalue weighted by molar-refractivity contribution is 0.140. The van der Waals surface area contributed by atoms with Gasteiger partial charge < -0.3 is 15.1 Å². The molecule has 0 spiro atoms. The summed E-state index contributed by atoms with van der Waals surface area (Å²) < 4.78 is 13.3. The van der Waals surface area contributed by atoms with Crippen LogP contribution < -0.4 is 5.32 Å². The van der Waals surface area contributed by atoms with Crippen LogP contribution in [0.3, 0.4) is 0 Å². The van der Waals surface area contributed by atoms with E-state index in [9.17, 15) is 9.18 Å². The van der Waals surface area contributed by atoms with Crippen molar-refractivity contribution in [2.45, 2.75) is 31.7 Å². The minimum Gasteiger partial charge on any atom is -0.324 e. The fraction of sp³-hybridized carbons (Fsp3) is 0.562. The van der Waals surface area contributed by atoms with Crippen LogP contribution in [0.1, 0.15) is 25.7 Å². The smallest absolute Gasteiger partial charge is 0.321 e. The first kappa shape index (κ1) is 15.6. The molecule has 1 N–H and O–H groups in total. The molecule has 0 aromatic heterocycles. The molecule has 6 heteroatoms. The molecule has 22 heavy (non-hydrogen) atoms. The third kappa shape index (κ3) is 3.70. The molecule has 1 aromatic carbocycles. The van der Waals surface area contributed by atoms with E-state index >= 15 is 0 Å². The lowest BCUT2D eigenvalue weighted by atomic mass is 10.0. The number of halogens is 2. The largest absolute Gasteiger partial charge is 0.324 e. The number of carbonyl (C=O) groups excluding carboxylic acids is 1. The Bertz CT molecular complexity index is 520. The molecule has 0 bridgehead atoms. The Morgan fingerprint density at radius 1 is 1.14 bits per heavy atom. The maximum Gasteiger partial charge on any atom is 0.321 e. The second kappa shape index (κ2) is 6.84. The SMILES string of the molecule is O=C(Nc1cc(F)cc(Cl)c1)N1CCC(N2CCCC2)CC1. The van der Waals surface area contributed by atoms with E-state index in [0.29, 0.717) is 11.7 Å². The highest BCUT2D eigenvalue weighted by atomic mass is 35.5. The standard InChI is InChI=1S/C16H21ClFN3O/c17-12-9-13(18)11-14(10-12)19-16(22)21-7-3-15(4-8-21)20-5-1-2-6-20/h9-11,15H,1-8H2,(H,19,22). The summed E-state index contributed by atoms with van der Waals surface area (Å²) in [5, 5.41) is 3.01. The molecule has 2 aliphatic heterocycles. The highest BCUT2D eigenvalue weighted by Gasteiger charge is 2.28. The maximum atomic E-state index is 13.3. The van der Waals surface area contributed by atoms with E-state index in [1.165, 1.54) is 38.1 Å². The van der Waals surface area contributed by atoms with Gasteiger partial charge in [0.05, 0.1) is 0 Å². The van der Waals surface area contributed by atoms with Gasteiger partial charge in [0.2, 0.25) is 0 Å². The van der Waals surface area contributed by atoms with Crippen molar-refractivity contribution in [3.63, 3.8) is 0 Å². The Morgan fingerprint density at radius 2 is 1.82 bits per heavy atom. The van der Waals surface area contributed by atoms with E-state index in [-0.39, 0.29) is 11.1 Å². The molecular formula is C16H21ClFN3O. The van der Waals surface area contributed by atoms with Gasteiger partial charge in [-0.3, -0.25) is 0 Å². The molecule has 0 radical (unpaired) electrons. The zero-order valence-corrected chi connectivity index (χ0v) is 13.3. The summed E-state index contributed by atoms with van der Waals surface area (Å²) in [7, 11) is 0. The van der Waals surface area contributed by atoms with Crippen LogP contribution >= 0.6 is 11.6 Å². The molecule has 1 aromatic rings. The second-order valence-electron chi connectivity index (χ2n) is 6.05. The van der Waals surface area contributed by atoms with E-state index in [2.05, 4.69) is 10.2 Å². The fourth-order valence-corrected chi connectivity index (χ4v) is 3.59. The fourth-order valence-electron chi connectivity index (χ4n) is 3.37. The monoisotopic (exact) mass is 325 g/mol. The van der Waals surface area contributed by atoms with Gasteiger partial charge in [0.15, 0.2) is 0 Å². The highest BCUT2D eigenvalue weighted by Crippen LogP contribution is 2.22. The molecule has 0 aliphatic carbocycles. The van der Waals surface area contributed by atoms with E-state index in [1.807, 2.05) is 0 Å². The molecule has 2 saturated heterocycles. The number of benzene rings is 1. The normalized spacial score (nSPS) is 20.4. The first-order chi connectivity index (χ1) is 10.6. The number of likely N-dealkylation sites (tertiary alicyclic amines) is 2. The van der Waals surface area contributed by atoms with E-state index in [4.69, 9.17) is 11.6 Å². The summed E-state index contributed by atoms with van der Waals surface area (Å²) in [6, 6.07) is 4.48. The summed E-state index contributed by atoms with van der Waals surface area (Å²) in [4.78, 5) is 16.6. The van der Waals surface area contributed by atoms with Crippen molar-refractivity contribution in [1.82, 2.24) is 9.80 Å². The van der Waals surface area contributed by atoms with Crippen LogP contribution in [0.4, 0.5) is 14.9 Å². The van der Waals surface area contributed by atoms with Crippen LogP contribution in [-0.2, 0) is 0 Å². The molecule has 120 valence electrons. The summed E-state index contributed by atoms with van der Waals surface area (Å²) in [6.45, 7) is 3.88. The predicted octanol–water partition coefficient (Wildman–Crippen LogP) is 3.57. The molecule has 2 amide bonds. The molecule has 4 nitrogen and oxygen atoms in total. The number of anilines is 1. The van der Waals surface area contributed by atoms with Crippen molar-refractivity contribution in [2.75, 3.05) is 31.5 Å². The van der Waals surface area contributed by atoms with Crippen LogP contribution in [0.25, 0.3) is 0 Å². The lowest BCUT2D eigenvalue weighted by Crippen LogP contribution is -2.47. The van der Waals surface area contributed by atoms with Gasteiger partial charge >= 0.3 is 6.03 Å². The van der Waals surface area contributed by atoms with Gasteiger partial charge in [-0.2, -0.15) is 0 Å². The van der Waals surface area contributed by atoms with Gasteiger partial charge in [0.1, 0.15) is 5.82 Å². The number of hydrogen-bond donors (Lipinski definition) is 1. The number of nitrogens with one attached hydrogen (secondary N) is 1. The van der Waals surface area contributed by atoms with Crippen molar-refractivity contribution in [1.29, 1.82) is 0 Å². The number of nitrogens with zero attached hydrogens (tertiary/aromatic N) is 2. The van der Waals surface area contributed by atoms with Crippen molar-refractivity contribution < 1.29 is 9.18 Å². The molecular weight excluding hydrogens is 305 g/mol. The van der Waals surface area contributed by atoms with Crippen molar-refractivity contribution in [2.24, 2.45) is 0 Å². The molecule has 3 rings (SSSR count). The van der Waals surface area contributed by atoms with Gasteiger partial charge in [-0.05, 0) is 57.0 Å². The Labute approximate surface area is 135 Å². The van der Waals surface area contributed by atoms with Crippen molar-refractivity contribution in [3.8, 4) is 0 Å². The topological polar surface area (TPSA) is 35.6 Å². The van der Waals surface area contributed by atoms with Crippen LogP contribution in [-0.4, -0.2) is 48.1 Å². The Morgan fingerprint density at radius 3 is 2.45 bits per heavy atom. The molecule has 2 aliphatic rings. The van der Waals surface area contributed by atoms with Gasteiger partial charge in [-0.15, -0.1) is 0 Å². The number of hydrogen-bond acceptors (Lipinski definition) is 2. The van der Waals surface area contributed by atoms with Crippen molar-refractivity contribution in [3.05, 3.63) is 29.0 Å². The highest BCUT2D eigenvalue weighted by molar-refractivity contribution is 6.30. The molecule has 0 unspecified atom stereocenters. The first-order valence-electron chi connectivity index (χ1n) is 7.88. The number of rotatable bonds is 2. The molecule has 2 heterocycles. The van der Waals surface area contributed by atoms with E-state index in [1.54, 1.807) is 11.0 Å². The van der Waals surface area contributed by atoms with Gasteiger partial charge in [0.25, 0.3) is 0 Å². The number of carbonyl (C=O) groups is 1. The van der Waals surface area contributed by atoms with Gasteiger partial charge in [0, 0.05) is 29.8 Å². The quantitative estimate of drug-likeness (QED) is 0.902. The van der Waals surface area contributed by atoms with Crippen LogP contribution in [0.5, 0.6) is 0 Å². The predicted molar refractivity (Wildman–Crippen MR) is 85.8 cm³/mol. The van der Waals surface area contributed by atoms with Crippen LogP contribution in [0.2, 0.25) is 5.02 Å². The first-order valence-corrected chi connectivity index (χ1v) is 8.26. The van der Waals surface area contributed by atoms with Gasteiger partial charge in [-0.25, -0.2) is 9.18 Å². The Hall–Kier alpha value is -1.33. The van der Waals surface area contributed by atoms with E-state index < -0.39 is 5.82 Å². The summed E-state index contributed by atoms with van der Waals surface area (Å²) >= 11 is 5.80. The summed E-state index contributed by atoms with van der Waals surface area (Å²) in [5.74, 6) is -0.449.